The second-order valence-corrected chi connectivity index (χ2v) is 5.12. The standard InChI is InChI=1S/C18H19N3O/c1-3-13(2)21-18(22)15(11-19)12-20-17-10-6-8-14-7-4-5-9-16(14)17/h4-10,12-13,20H,3H2,1-2H3,(H,21,22)/b15-12-. The molecule has 0 aliphatic carbocycles. The molecule has 4 heteroatoms. The fraction of sp³-hybridized carbons (Fsp3) is 0.222. The Hall–Kier alpha value is -2.80. The van der Waals surface area contributed by atoms with Gasteiger partial charge < -0.3 is 10.6 Å². The molecule has 0 aliphatic rings. The number of amides is 1. The number of carbonyl (C=O) groups excluding carboxylic acids is 1. The Morgan fingerprint density at radius 3 is 2.73 bits per heavy atom. The third kappa shape index (κ3) is 3.64. The molecule has 0 fully saturated rings. The molecule has 0 aliphatic heterocycles. The first-order chi connectivity index (χ1) is 10.7. The maximum Gasteiger partial charge on any atom is 0.263 e. The maximum atomic E-state index is 12.0. The summed E-state index contributed by atoms with van der Waals surface area (Å²) in [6.07, 6.45) is 2.28. The lowest BCUT2D eigenvalue weighted by Crippen LogP contribution is -2.33. The van der Waals surface area contributed by atoms with E-state index in [-0.39, 0.29) is 17.5 Å². The molecular formula is C18H19N3O. The van der Waals surface area contributed by atoms with Crippen LogP contribution in [0.4, 0.5) is 5.69 Å². The normalized spacial score (nSPS) is 12.5. The number of hydrogen-bond donors (Lipinski definition) is 2. The summed E-state index contributed by atoms with van der Waals surface area (Å²) in [6.45, 7) is 3.89. The van der Waals surface area contributed by atoms with Gasteiger partial charge in [0.05, 0.1) is 0 Å². The molecule has 0 heterocycles. The van der Waals surface area contributed by atoms with E-state index in [1.807, 2.05) is 62.4 Å². The van der Waals surface area contributed by atoms with Crippen LogP contribution in [0.3, 0.4) is 0 Å². The van der Waals surface area contributed by atoms with Crippen molar-refractivity contribution >= 4 is 22.4 Å². The first-order valence-electron chi connectivity index (χ1n) is 7.31. The van der Waals surface area contributed by atoms with Crippen LogP contribution in [0, 0.1) is 11.3 Å². The van der Waals surface area contributed by atoms with E-state index in [9.17, 15) is 4.79 Å². The highest BCUT2D eigenvalue weighted by Gasteiger charge is 2.11. The van der Waals surface area contributed by atoms with Crippen molar-refractivity contribution in [1.29, 1.82) is 5.26 Å². The fourth-order valence-corrected chi connectivity index (χ4v) is 2.05. The second kappa shape index (κ2) is 7.28. The molecule has 0 radical (unpaired) electrons. The molecule has 0 bridgehead atoms. The van der Waals surface area contributed by atoms with Gasteiger partial charge in [-0.3, -0.25) is 4.79 Å². The zero-order valence-electron chi connectivity index (χ0n) is 12.8. The Balaban J connectivity index is 2.21. The Kier molecular flexibility index (Phi) is 5.16. The van der Waals surface area contributed by atoms with Crippen LogP contribution in [0.5, 0.6) is 0 Å². The highest BCUT2D eigenvalue weighted by atomic mass is 16.1. The number of nitrogens with zero attached hydrogens (tertiary/aromatic N) is 1. The predicted octanol–water partition coefficient (Wildman–Crippen LogP) is 3.57. The molecule has 2 aromatic carbocycles. The van der Waals surface area contributed by atoms with Gasteiger partial charge in [0.1, 0.15) is 11.6 Å². The number of fused-ring (bicyclic) bond motifs is 1. The van der Waals surface area contributed by atoms with Crippen molar-refractivity contribution in [3.8, 4) is 6.07 Å². The Bertz CT molecular complexity index is 738. The molecule has 1 atom stereocenters. The minimum atomic E-state index is -0.357. The Morgan fingerprint density at radius 2 is 2.00 bits per heavy atom. The molecule has 2 rings (SSSR count). The van der Waals surface area contributed by atoms with E-state index in [4.69, 9.17) is 5.26 Å². The molecular weight excluding hydrogens is 274 g/mol. The smallest absolute Gasteiger partial charge is 0.263 e. The molecule has 2 aromatic rings. The van der Waals surface area contributed by atoms with Gasteiger partial charge in [0, 0.05) is 23.3 Å². The molecule has 2 N–H and O–H groups in total. The van der Waals surface area contributed by atoms with Gasteiger partial charge in [0.25, 0.3) is 5.91 Å². The SMILES string of the molecule is CCC(C)NC(=O)/C(C#N)=C\Nc1cccc2ccccc12. The molecule has 0 aromatic heterocycles. The van der Waals surface area contributed by atoms with Gasteiger partial charge >= 0.3 is 0 Å². The lowest BCUT2D eigenvalue weighted by atomic mass is 10.1. The maximum absolute atomic E-state index is 12.0. The van der Waals surface area contributed by atoms with Crippen LogP contribution in [0.1, 0.15) is 20.3 Å². The number of carbonyl (C=O) groups is 1. The number of rotatable bonds is 5. The van der Waals surface area contributed by atoms with Crippen molar-refractivity contribution in [3.05, 3.63) is 54.2 Å². The largest absolute Gasteiger partial charge is 0.360 e. The summed E-state index contributed by atoms with van der Waals surface area (Å²) in [7, 11) is 0. The molecule has 4 nitrogen and oxygen atoms in total. The third-order valence-electron chi connectivity index (χ3n) is 3.52. The molecule has 0 saturated heterocycles. The predicted molar refractivity (Wildman–Crippen MR) is 89.2 cm³/mol. The number of hydrogen-bond acceptors (Lipinski definition) is 3. The number of benzene rings is 2. The van der Waals surface area contributed by atoms with E-state index < -0.39 is 0 Å². The van der Waals surface area contributed by atoms with Crippen LogP contribution in [0.25, 0.3) is 10.8 Å². The van der Waals surface area contributed by atoms with Crippen LogP contribution in [-0.4, -0.2) is 11.9 Å². The summed E-state index contributed by atoms with van der Waals surface area (Å²) < 4.78 is 0. The van der Waals surface area contributed by atoms with Crippen LogP contribution in [0.15, 0.2) is 54.2 Å². The fourth-order valence-electron chi connectivity index (χ4n) is 2.05. The minimum Gasteiger partial charge on any atom is -0.360 e. The minimum absolute atomic E-state index is 0.0433. The first kappa shape index (κ1) is 15.6. The van der Waals surface area contributed by atoms with Gasteiger partial charge in [-0.2, -0.15) is 5.26 Å². The third-order valence-corrected chi connectivity index (χ3v) is 3.52. The summed E-state index contributed by atoms with van der Waals surface area (Å²) in [6, 6.07) is 15.8. The molecule has 1 amide bonds. The topological polar surface area (TPSA) is 64.9 Å². The number of anilines is 1. The van der Waals surface area contributed by atoms with Crippen molar-refractivity contribution < 1.29 is 4.79 Å². The second-order valence-electron chi connectivity index (χ2n) is 5.12. The highest BCUT2D eigenvalue weighted by molar-refractivity contribution is 5.99. The zero-order chi connectivity index (χ0) is 15.9. The van der Waals surface area contributed by atoms with E-state index in [1.54, 1.807) is 0 Å². The van der Waals surface area contributed by atoms with Crippen LogP contribution >= 0.6 is 0 Å². The lowest BCUT2D eigenvalue weighted by Gasteiger charge is -2.11. The average Bonchev–Trinajstić information content (AvgIpc) is 2.55. The van der Waals surface area contributed by atoms with Crippen LogP contribution in [-0.2, 0) is 4.79 Å². The number of nitrogens with one attached hydrogen (secondary N) is 2. The Morgan fingerprint density at radius 1 is 1.27 bits per heavy atom. The Labute approximate surface area is 130 Å². The monoisotopic (exact) mass is 293 g/mol. The van der Waals surface area contributed by atoms with Crippen molar-refractivity contribution in [1.82, 2.24) is 5.32 Å². The summed E-state index contributed by atoms with van der Waals surface area (Å²) in [5.74, 6) is -0.357. The quantitative estimate of drug-likeness (QED) is 0.654. The summed E-state index contributed by atoms with van der Waals surface area (Å²) in [5, 5.41) is 17.1. The van der Waals surface area contributed by atoms with Crippen molar-refractivity contribution in [2.75, 3.05) is 5.32 Å². The van der Waals surface area contributed by atoms with Crippen molar-refractivity contribution in [2.45, 2.75) is 26.3 Å². The van der Waals surface area contributed by atoms with Crippen molar-refractivity contribution in [2.24, 2.45) is 0 Å². The molecule has 0 saturated carbocycles. The van der Waals surface area contributed by atoms with E-state index >= 15 is 0 Å². The van der Waals surface area contributed by atoms with Gasteiger partial charge in [0.15, 0.2) is 0 Å². The van der Waals surface area contributed by atoms with E-state index in [0.29, 0.717) is 0 Å². The van der Waals surface area contributed by atoms with Gasteiger partial charge in [-0.15, -0.1) is 0 Å². The number of nitriles is 1. The lowest BCUT2D eigenvalue weighted by molar-refractivity contribution is -0.117. The highest BCUT2D eigenvalue weighted by Crippen LogP contribution is 2.23. The van der Waals surface area contributed by atoms with Crippen LogP contribution < -0.4 is 10.6 Å². The zero-order valence-corrected chi connectivity index (χ0v) is 12.8. The molecule has 22 heavy (non-hydrogen) atoms. The molecule has 0 spiro atoms. The van der Waals surface area contributed by atoms with Gasteiger partial charge in [-0.1, -0.05) is 43.3 Å². The van der Waals surface area contributed by atoms with Gasteiger partial charge in [-0.05, 0) is 24.8 Å². The van der Waals surface area contributed by atoms with Crippen molar-refractivity contribution in [3.63, 3.8) is 0 Å². The van der Waals surface area contributed by atoms with Gasteiger partial charge in [0.2, 0.25) is 0 Å². The van der Waals surface area contributed by atoms with E-state index in [1.165, 1.54) is 6.20 Å². The van der Waals surface area contributed by atoms with Gasteiger partial charge in [-0.25, -0.2) is 0 Å². The first-order valence-corrected chi connectivity index (χ1v) is 7.31. The summed E-state index contributed by atoms with van der Waals surface area (Å²) >= 11 is 0. The summed E-state index contributed by atoms with van der Waals surface area (Å²) in [4.78, 5) is 12.0. The molecule has 1 unspecified atom stereocenters. The van der Waals surface area contributed by atoms with E-state index in [0.717, 1.165) is 22.9 Å². The summed E-state index contributed by atoms with van der Waals surface area (Å²) in [5.41, 5.74) is 0.926. The van der Waals surface area contributed by atoms with E-state index in [2.05, 4.69) is 10.6 Å². The molecule has 112 valence electrons. The van der Waals surface area contributed by atoms with Crippen LogP contribution in [0.2, 0.25) is 0 Å². The average molecular weight is 293 g/mol.